The number of hydrogen-bond donors (Lipinski definition) is 3. The number of fused-ring (bicyclic) bond motifs is 1. The molecule has 0 saturated heterocycles. The summed E-state index contributed by atoms with van der Waals surface area (Å²) < 4.78 is 10.6. The molecule has 3 amide bonds. The second-order valence-electron chi connectivity index (χ2n) is 8.05. The molecule has 0 aliphatic carbocycles. The van der Waals surface area contributed by atoms with Crippen LogP contribution in [-0.4, -0.2) is 54.5 Å². The number of rotatable bonds is 8. The summed E-state index contributed by atoms with van der Waals surface area (Å²) in [7, 11) is 1.65. The van der Waals surface area contributed by atoms with Gasteiger partial charge >= 0.3 is 0 Å². The van der Waals surface area contributed by atoms with E-state index in [9.17, 15) is 14.4 Å². The van der Waals surface area contributed by atoms with Gasteiger partial charge in [-0.05, 0) is 55.9 Å². The molecule has 10 heteroatoms. The van der Waals surface area contributed by atoms with Crippen LogP contribution >= 0.6 is 0 Å². The number of carbonyl (C=O) groups is 3. The fourth-order valence-corrected chi connectivity index (χ4v) is 3.49. The second kappa shape index (κ2) is 10.7. The van der Waals surface area contributed by atoms with Crippen LogP contribution in [0.15, 0.2) is 60.8 Å². The molecule has 10 nitrogen and oxygen atoms in total. The molecule has 3 N–H and O–H groups in total. The number of benzene rings is 2. The van der Waals surface area contributed by atoms with Crippen LogP contribution in [0.3, 0.4) is 0 Å². The summed E-state index contributed by atoms with van der Waals surface area (Å²) in [6, 6.07) is 15.4. The van der Waals surface area contributed by atoms with Crippen LogP contribution in [0.1, 0.15) is 15.9 Å². The number of likely N-dealkylation sites (N-methyl/N-ethyl adjacent to an activating group) is 1. The van der Waals surface area contributed by atoms with Crippen LogP contribution in [0.2, 0.25) is 0 Å². The summed E-state index contributed by atoms with van der Waals surface area (Å²) in [5.41, 5.74) is 2.17. The Morgan fingerprint density at radius 2 is 1.66 bits per heavy atom. The third-order valence-electron chi connectivity index (χ3n) is 5.09. The summed E-state index contributed by atoms with van der Waals surface area (Å²) in [6.07, 6.45) is 1.61. The van der Waals surface area contributed by atoms with Crippen molar-refractivity contribution in [2.75, 3.05) is 42.9 Å². The average Bonchev–Trinajstić information content (AvgIpc) is 3.27. The van der Waals surface area contributed by atoms with Crippen molar-refractivity contribution in [1.29, 1.82) is 0 Å². The van der Waals surface area contributed by atoms with Gasteiger partial charge in [-0.1, -0.05) is 12.1 Å². The third-order valence-corrected chi connectivity index (χ3v) is 5.09. The Labute approximate surface area is 202 Å². The Morgan fingerprint density at radius 1 is 0.914 bits per heavy atom. The standard InChI is InChI=1S/C25H25N5O5/c1-16-9-10-26-22(11-16)29-24(32)14-30(2)13-23(31)28-19-6-4-3-5-18(19)25(33)27-17-7-8-20-21(12-17)35-15-34-20/h3-12H,13-15H2,1-2H3,(H,27,33)(H,28,31)(H,26,29,32). The number of aryl methyl sites for hydroxylation is 1. The van der Waals surface area contributed by atoms with E-state index in [1.807, 2.05) is 13.0 Å². The van der Waals surface area contributed by atoms with Crippen molar-refractivity contribution < 1.29 is 23.9 Å². The van der Waals surface area contributed by atoms with Crippen LogP contribution in [0.5, 0.6) is 11.5 Å². The van der Waals surface area contributed by atoms with Crippen LogP contribution in [-0.2, 0) is 9.59 Å². The topological polar surface area (TPSA) is 122 Å². The molecule has 1 aliphatic rings. The quantitative estimate of drug-likeness (QED) is 0.458. The first-order valence-corrected chi connectivity index (χ1v) is 10.9. The monoisotopic (exact) mass is 475 g/mol. The summed E-state index contributed by atoms with van der Waals surface area (Å²) in [5.74, 6) is 0.575. The molecule has 1 aliphatic heterocycles. The number of hydrogen-bond acceptors (Lipinski definition) is 7. The molecule has 35 heavy (non-hydrogen) atoms. The second-order valence-corrected chi connectivity index (χ2v) is 8.05. The Morgan fingerprint density at radius 3 is 2.46 bits per heavy atom. The molecule has 1 aromatic heterocycles. The van der Waals surface area contributed by atoms with E-state index < -0.39 is 5.91 Å². The van der Waals surface area contributed by atoms with Gasteiger partial charge in [-0.15, -0.1) is 0 Å². The van der Waals surface area contributed by atoms with Gasteiger partial charge in [0.2, 0.25) is 18.6 Å². The summed E-state index contributed by atoms with van der Waals surface area (Å²) in [4.78, 5) is 43.4. The highest BCUT2D eigenvalue weighted by Gasteiger charge is 2.18. The fraction of sp³-hybridized carbons (Fsp3) is 0.200. The summed E-state index contributed by atoms with van der Waals surface area (Å²) in [6.45, 7) is 1.99. The average molecular weight is 476 g/mol. The Bertz CT molecular complexity index is 1260. The molecule has 0 spiro atoms. The van der Waals surface area contributed by atoms with Crippen molar-refractivity contribution in [3.05, 3.63) is 71.9 Å². The van der Waals surface area contributed by atoms with E-state index in [4.69, 9.17) is 9.47 Å². The number of anilines is 3. The predicted molar refractivity (Wildman–Crippen MR) is 131 cm³/mol. The molecule has 180 valence electrons. The first kappa shape index (κ1) is 23.7. The molecule has 0 saturated carbocycles. The molecule has 2 heterocycles. The lowest BCUT2D eigenvalue weighted by Gasteiger charge is -2.17. The highest BCUT2D eigenvalue weighted by atomic mass is 16.7. The minimum atomic E-state index is -0.391. The molecule has 0 bridgehead atoms. The molecular formula is C25H25N5O5. The van der Waals surface area contributed by atoms with Crippen LogP contribution in [0.4, 0.5) is 17.2 Å². The molecule has 2 aromatic carbocycles. The van der Waals surface area contributed by atoms with E-state index >= 15 is 0 Å². The number of carbonyl (C=O) groups excluding carboxylic acids is 3. The van der Waals surface area contributed by atoms with Crippen LogP contribution in [0.25, 0.3) is 0 Å². The number of nitrogens with zero attached hydrogens (tertiary/aromatic N) is 2. The first-order valence-electron chi connectivity index (χ1n) is 10.9. The zero-order valence-electron chi connectivity index (χ0n) is 19.3. The lowest BCUT2D eigenvalue weighted by Crippen LogP contribution is -2.36. The number of aromatic nitrogens is 1. The van der Waals surface area contributed by atoms with E-state index in [0.29, 0.717) is 34.3 Å². The number of ether oxygens (including phenoxy) is 2. The first-order chi connectivity index (χ1) is 16.9. The lowest BCUT2D eigenvalue weighted by atomic mass is 10.1. The zero-order chi connectivity index (χ0) is 24.8. The molecule has 0 fully saturated rings. The Kier molecular flexibility index (Phi) is 7.22. The van der Waals surface area contributed by atoms with Gasteiger partial charge in [0.15, 0.2) is 11.5 Å². The predicted octanol–water partition coefficient (Wildman–Crippen LogP) is 2.88. The SMILES string of the molecule is Cc1ccnc(NC(=O)CN(C)CC(=O)Nc2ccccc2C(=O)Nc2ccc3c(c2)OCO3)c1. The highest BCUT2D eigenvalue weighted by Crippen LogP contribution is 2.34. The van der Waals surface area contributed by atoms with Gasteiger partial charge in [0, 0.05) is 18.0 Å². The Hall–Kier alpha value is -4.44. The number of amides is 3. The van der Waals surface area contributed by atoms with Gasteiger partial charge in [0.1, 0.15) is 5.82 Å². The maximum atomic E-state index is 12.9. The van der Waals surface area contributed by atoms with Crippen molar-refractivity contribution in [2.45, 2.75) is 6.92 Å². The van der Waals surface area contributed by atoms with Gasteiger partial charge in [0.05, 0.1) is 24.3 Å². The van der Waals surface area contributed by atoms with Crippen LogP contribution in [0, 0.1) is 6.92 Å². The molecular weight excluding hydrogens is 450 g/mol. The van der Waals surface area contributed by atoms with E-state index in [1.165, 1.54) is 0 Å². The van der Waals surface area contributed by atoms with Gasteiger partial charge in [-0.25, -0.2) is 4.98 Å². The van der Waals surface area contributed by atoms with Crippen LogP contribution < -0.4 is 25.4 Å². The van der Waals surface area contributed by atoms with E-state index in [1.54, 1.807) is 66.7 Å². The summed E-state index contributed by atoms with van der Waals surface area (Å²) in [5, 5.41) is 8.26. The van der Waals surface area contributed by atoms with Gasteiger partial charge < -0.3 is 25.4 Å². The smallest absolute Gasteiger partial charge is 0.257 e. The van der Waals surface area contributed by atoms with Gasteiger partial charge in [0.25, 0.3) is 5.91 Å². The maximum absolute atomic E-state index is 12.9. The normalized spacial score (nSPS) is 11.7. The molecule has 3 aromatic rings. The highest BCUT2D eigenvalue weighted by molar-refractivity contribution is 6.10. The van der Waals surface area contributed by atoms with Crippen molar-refractivity contribution in [3.63, 3.8) is 0 Å². The molecule has 0 unspecified atom stereocenters. The molecule has 4 rings (SSSR count). The minimum absolute atomic E-state index is 0.00467. The molecule has 0 radical (unpaired) electrons. The largest absolute Gasteiger partial charge is 0.454 e. The van der Waals surface area contributed by atoms with E-state index in [2.05, 4.69) is 20.9 Å². The minimum Gasteiger partial charge on any atom is -0.454 e. The lowest BCUT2D eigenvalue weighted by molar-refractivity contribution is -0.119. The number of nitrogens with one attached hydrogen (secondary N) is 3. The maximum Gasteiger partial charge on any atom is 0.257 e. The fourth-order valence-electron chi connectivity index (χ4n) is 3.49. The molecule has 0 atom stereocenters. The number of pyridine rings is 1. The zero-order valence-corrected chi connectivity index (χ0v) is 19.3. The van der Waals surface area contributed by atoms with E-state index in [-0.39, 0.29) is 31.7 Å². The van der Waals surface area contributed by atoms with Crippen molar-refractivity contribution in [2.24, 2.45) is 0 Å². The van der Waals surface area contributed by atoms with E-state index in [0.717, 1.165) is 5.56 Å². The van der Waals surface area contributed by atoms with Crippen molar-refractivity contribution >= 4 is 34.9 Å². The van der Waals surface area contributed by atoms with Gasteiger partial charge in [-0.3, -0.25) is 19.3 Å². The third kappa shape index (κ3) is 6.33. The number of para-hydroxylation sites is 1. The Balaban J connectivity index is 1.33. The van der Waals surface area contributed by atoms with Crippen molar-refractivity contribution in [3.8, 4) is 11.5 Å². The van der Waals surface area contributed by atoms with Gasteiger partial charge in [-0.2, -0.15) is 0 Å². The summed E-state index contributed by atoms with van der Waals surface area (Å²) >= 11 is 0. The van der Waals surface area contributed by atoms with Crippen molar-refractivity contribution in [1.82, 2.24) is 9.88 Å².